The molecule has 3 fully saturated rings. The molecule has 0 aromatic rings. The smallest absolute Gasteiger partial charge is 0.0821 e. The second kappa shape index (κ2) is 7.71. The molecule has 3 aliphatic rings. The molecule has 3 rings (SSSR count). The van der Waals surface area contributed by atoms with Gasteiger partial charge in [0.1, 0.15) is 0 Å². The number of ether oxygens (including phenoxy) is 3. The van der Waals surface area contributed by atoms with Crippen molar-refractivity contribution in [3.05, 3.63) is 0 Å². The van der Waals surface area contributed by atoms with Crippen LogP contribution in [-0.4, -0.2) is 87.7 Å². The molecular formula is C15H28N2O3. The van der Waals surface area contributed by atoms with E-state index in [9.17, 15) is 0 Å². The minimum Gasteiger partial charge on any atom is -0.379 e. The van der Waals surface area contributed by atoms with E-state index in [1.54, 1.807) is 0 Å². The third-order valence-corrected chi connectivity index (χ3v) is 4.77. The van der Waals surface area contributed by atoms with Crippen molar-refractivity contribution in [1.82, 2.24) is 9.80 Å². The van der Waals surface area contributed by atoms with Crippen molar-refractivity contribution < 1.29 is 14.2 Å². The highest BCUT2D eigenvalue weighted by molar-refractivity contribution is 4.81. The first-order chi connectivity index (χ1) is 9.92. The number of morpholine rings is 1. The zero-order valence-electron chi connectivity index (χ0n) is 12.5. The Kier molecular flexibility index (Phi) is 5.67. The Morgan fingerprint density at radius 3 is 2.35 bits per heavy atom. The first-order valence-electron chi connectivity index (χ1n) is 8.15. The van der Waals surface area contributed by atoms with Crippen LogP contribution in [0.5, 0.6) is 0 Å². The number of hydrogen-bond acceptors (Lipinski definition) is 5. The molecule has 0 aromatic carbocycles. The van der Waals surface area contributed by atoms with Gasteiger partial charge >= 0.3 is 0 Å². The van der Waals surface area contributed by atoms with Crippen molar-refractivity contribution >= 4 is 0 Å². The van der Waals surface area contributed by atoms with Crippen molar-refractivity contribution in [2.45, 2.75) is 31.4 Å². The maximum Gasteiger partial charge on any atom is 0.0821 e. The van der Waals surface area contributed by atoms with Gasteiger partial charge in [-0.3, -0.25) is 4.90 Å². The quantitative estimate of drug-likeness (QED) is 0.755. The van der Waals surface area contributed by atoms with Crippen LogP contribution >= 0.6 is 0 Å². The van der Waals surface area contributed by atoms with Gasteiger partial charge in [-0.25, -0.2) is 0 Å². The Balaban J connectivity index is 1.33. The molecule has 0 saturated carbocycles. The highest BCUT2D eigenvalue weighted by Gasteiger charge is 2.26. The van der Waals surface area contributed by atoms with Crippen LogP contribution in [0.2, 0.25) is 0 Å². The summed E-state index contributed by atoms with van der Waals surface area (Å²) in [6.07, 6.45) is 4.05. The zero-order valence-corrected chi connectivity index (χ0v) is 12.5. The van der Waals surface area contributed by atoms with Crippen LogP contribution in [0, 0.1) is 0 Å². The SMILES string of the molecule is C1CN(C2CCN(CCC3COCCO3)CC2)CCO1. The van der Waals surface area contributed by atoms with Crippen molar-refractivity contribution in [1.29, 1.82) is 0 Å². The summed E-state index contributed by atoms with van der Waals surface area (Å²) in [4.78, 5) is 5.22. The van der Waals surface area contributed by atoms with E-state index in [1.165, 1.54) is 25.9 Å². The van der Waals surface area contributed by atoms with Crippen molar-refractivity contribution in [3.63, 3.8) is 0 Å². The van der Waals surface area contributed by atoms with Crippen molar-refractivity contribution in [2.24, 2.45) is 0 Å². The predicted octanol–water partition coefficient (Wildman–Crippen LogP) is 0.589. The molecule has 0 aliphatic carbocycles. The third-order valence-electron chi connectivity index (χ3n) is 4.77. The standard InChI is InChI=1S/C15H28N2O3/c1-4-16(6-3-15-13-19-11-12-20-15)5-2-14(1)17-7-9-18-10-8-17/h14-15H,1-13H2. The monoisotopic (exact) mass is 284 g/mol. The minimum atomic E-state index is 0.320. The highest BCUT2D eigenvalue weighted by atomic mass is 16.6. The molecule has 1 unspecified atom stereocenters. The number of rotatable bonds is 4. The van der Waals surface area contributed by atoms with E-state index in [0.717, 1.165) is 65.1 Å². The minimum absolute atomic E-state index is 0.320. The van der Waals surface area contributed by atoms with E-state index < -0.39 is 0 Å². The van der Waals surface area contributed by atoms with Gasteiger partial charge in [0.25, 0.3) is 0 Å². The normalized spacial score (nSPS) is 31.5. The molecule has 5 nitrogen and oxygen atoms in total. The van der Waals surface area contributed by atoms with Crippen LogP contribution < -0.4 is 0 Å². The van der Waals surface area contributed by atoms with Crippen molar-refractivity contribution in [3.8, 4) is 0 Å². The third kappa shape index (κ3) is 4.15. The van der Waals surface area contributed by atoms with Gasteiger partial charge in [-0.15, -0.1) is 0 Å². The van der Waals surface area contributed by atoms with Gasteiger partial charge in [0.15, 0.2) is 0 Å². The average molecular weight is 284 g/mol. The second-order valence-corrected chi connectivity index (χ2v) is 6.08. The molecule has 0 bridgehead atoms. The lowest BCUT2D eigenvalue weighted by Crippen LogP contribution is -2.49. The molecule has 3 saturated heterocycles. The van der Waals surface area contributed by atoms with Gasteiger partial charge < -0.3 is 19.1 Å². The number of likely N-dealkylation sites (tertiary alicyclic amines) is 1. The molecule has 1 atom stereocenters. The molecule has 0 spiro atoms. The zero-order chi connectivity index (χ0) is 13.6. The number of piperidine rings is 1. The lowest BCUT2D eigenvalue weighted by atomic mass is 10.0. The van der Waals surface area contributed by atoms with E-state index >= 15 is 0 Å². The lowest BCUT2D eigenvalue weighted by molar-refractivity contribution is -0.0934. The fourth-order valence-corrected chi connectivity index (χ4v) is 3.48. The first-order valence-corrected chi connectivity index (χ1v) is 8.15. The van der Waals surface area contributed by atoms with E-state index in [-0.39, 0.29) is 0 Å². The maximum atomic E-state index is 5.71. The van der Waals surface area contributed by atoms with Crippen LogP contribution in [0.1, 0.15) is 19.3 Å². The maximum absolute atomic E-state index is 5.71. The summed E-state index contributed by atoms with van der Waals surface area (Å²) < 4.78 is 16.6. The summed E-state index contributed by atoms with van der Waals surface area (Å²) in [5.41, 5.74) is 0. The van der Waals surface area contributed by atoms with Gasteiger partial charge in [0, 0.05) is 25.7 Å². The van der Waals surface area contributed by atoms with Gasteiger partial charge in [-0.05, 0) is 32.4 Å². The fourth-order valence-electron chi connectivity index (χ4n) is 3.48. The Morgan fingerprint density at radius 1 is 0.850 bits per heavy atom. The molecule has 0 amide bonds. The number of nitrogens with zero attached hydrogens (tertiary/aromatic N) is 2. The van der Waals surface area contributed by atoms with Crippen LogP contribution in [0.25, 0.3) is 0 Å². The Hall–Kier alpha value is -0.200. The van der Waals surface area contributed by atoms with E-state index in [2.05, 4.69) is 9.80 Å². The molecule has 5 heteroatoms. The molecule has 3 aliphatic heterocycles. The van der Waals surface area contributed by atoms with E-state index in [1.807, 2.05) is 0 Å². The van der Waals surface area contributed by atoms with Crippen molar-refractivity contribution in [2.75, 3.05) is 65.8 Å². The van der Waals surface area contributed by atoms with Gasteiger partial charge in [-0.2, -0.15) is 0 Å². The molecule has 3 heterocycles. The fraction of sp³-hybridized carbons (Fsp3) is 1.00. The molecule has 116 valence electrons. The largest absolute Gasteiger partial charge is 0.379 e. The Labute approximate surface area is 122 Å². The van der Waals surface area contributed by atoms with Crippen LogP contribution in [0.4, 0.5) is 0 Å². The molecule has 0 aromatic heterocycles. The first kappa shape index (κ1) is 14.7. The van der Waals surface area contributed by atoms with Crippen LogP contribution in [-0.2, 0) is 14.2 Å². The molecular weight excluding hydrogens is 256 g/mol. The summed E-state index contributed by atoms with van der Waals surface area (Å²) in [6.45, 7) is 10.0. The Bertz CT molecular complexity index is 270. The summed E-state index contributed by atoms with van der Waals surface area (Å²) in [7, 11) is 0. The lowest BCUT2D eigenvalue weighted by Gasteiger charge is -2.40. The number of hydrogen-bond donors (Lipinski definition) is 0. The highest BCUT2D eigenvalue weighted by Crippen LogP contribution is 2.18. The summed E-state index contributed by atoms with van der Waals surface area (Å²) in [5.74, 6) is 0. The second-order valence-electron chi connectivity index (χ2n) is 6.08. The van der Waals surface area contributed by atoms with Gasteiger partial charge in [0.05, 0.1) is 39.1 Å². The Morgan fingerprint density at radius 2 is 1.65 bits per heavy atom. The molecule has 20 heavy (non-hydrogen) atoms. The van der Waals surface area contributed by atoms with Crippen LogP contribution in [0.3, 0.4) is 0 Å². The average Bonchev–Trinajstić information content (AvgIpc) is 2.55. The summed E-state index contributed by atoms with van der Waals surface area (Å²) >= 11 is 0. The summed E-state index contributed by atoms with van der Waals surface area (Å²) in [6, 6.07) is 0.782. The van der Waals surface area contributed by atoms with Crippen LogP contribution in [0.15, 0.2) is 0 Å². The predicted molar refractivity (Wildman–Crippen MR) is 77.0 cm³/mol. The van der Waals surface area contributed by atoms with Gasteiger partial charge in [0.2, 0.25) is 0 Å². The van der Waals surface area contributed by atoms with E-state index in [4.69, 9.17) is 14.2 Å². The molecule has 0 N–H and O–H groups in total. The van der Waals surface area contributed by atoms with E-state index in [0.29, 0.717) is 6.10 Å². The topological polar surface area (TPSA) is 34.2 Å². The summed E-state index contributed by atoms with van der Waals surface area (Å²) in [5, 5.41) is 0. The van der Waals surface area contributed by atoms with Gasteiger partial charge in [-0.1, -0.05) is 0 Å². The molecule has 0 radical (unpaired) electrons.